The van der Waals surface area contributed by atoms with Crippen molar-refractivity contribution in [1.82, 2.24) is 0 Å². The molecule has 2 aliphatic carbocycles. The van der Waals surface area contributed by atoms with E-state index in [2.05, 4.69) is 5.73 Å². The van der Waals surface area contributed by atoms with Gasteiger partial charge in [-0.2, -0.15) is 0 Å². The number of rotatable bonds is 8. The molecule has 0 radical (unpaired) electrons. The molecule has 0 aromatic carbocycles. The van der Waals surface area contributed by atoms with Crippen LogP contribution < -0.4 is 0 Å². The van der Waals surface area contributed by atoms with Crippen LogP contribution in [0.2, 0.25) is 0 Å². The number of allylic oxidation sites excluding steroid dienone is 5. The van der Waals surface area contributed by atoms with E-state index in [-0.39, 0.29) is 37.4 Å². The highest BCUT2D eigenvalue weighted by molar-refractivity contribution is 5.89. The van der Waals surface area contributed by atoms with Crippen molar-refractivity contribution >= 4 is 11.9 Å². The standard InChI is InChI=1S/C21H26O5/c1-16(14-24-20(22)18-10-6-3-4-7-11-18)26-17(2)15-25-21(23)19-12-8-5-9-13-19/h3-6,8,12,16-17H,7,9,11,13-15H2,1-2H3. The van der Waals surface area contributed by atoms with Gasteiger partial charge in [0.1, 0.15) is 13.2 Å². The number of ether oxygens (including phenoxy) is 3. The summed E-state index contributed by atoms with van der Waals surface area (Å²) in [5.41, 5.74) is 4.15. The van der Waals surface area contributed by atoms with Crippen LogP contribution in [0, 0.1) is 0 Å². The first-order chi connectivity index (χ1) is 12.6. The molecule has 5 heteroatoms. The summed E-state index contributed by atoms with van der Waals surface area (Å²) in [5, 5.41) is 0. The van der Waals surface area contributed by atoms with Gasteiger partial charge in [-0.15, -0.1) is 5.73 Å². The fourth-order valence-electron chi connectivity index (χ4n) is 2.59. The zero-order valence-corrected chi connectivity index (χ0v) is 15.4. The molecule has 2 atom stereocenters. The van der Waals surface area contributed by atoms with Crippen molar-refractivity contribution in [2.24, 2.45) is 0 Å². The molecule has 26 heavy (non-hydrogen) atoms. The molecular formula is C21H26O5. The minimum Gasteiger partial charge on any atom is -0.460 e. The topological polar surface area (TPSA) is 61.8 Å². The van der Waals surface area contributed by atoms with Gasteiger partial charge < -0.3 is 14.2 Å². The average molecular weight is 358 g/mol. The van der Waals surface area contributed by atoms with E-state index in [0.29, 0.717) is 24.0 Å². The van der Waals surface area contributed by atoms with E-state index < -0.39 is 0 Å². The van der Waals surface area contributed by atoms with E-state index in [1.165, 1.54) is 0 Å². The second kappa shape index (κ2) is 10.6. The highest BCUT2D eigenvalue weighted by atomic mass is 16.6. The Morgan fingerprint density at radius 2 is 1.65 bits per heavy atom. The second-order valence-corrected chi connectivity index (χ2v) is 6.37. The van der Waals surface area contributed by atoms with Gasteiger partial charge in [0.15, 0.2) is 0 Å². The molecule has 0 saturated carbocycles. The number of hydrogen-bond donors (Lipinski definition) is 0. The van der Waals surface area contributed by atoms with Gasteiger partial charge in [-0.3, -0.25) is 0 Å². The van der Waals surface area contributed by atoms with E-state index in [0.717, 1.165) is 12.8 Å². The lowest BCUT2D eigenvalue weighted by molar-refractivity contribution is -0.149. The average Bonchev–Trinajstić information content (AvgIpc) is 2.94. The van der Waals surface area contributed by atoms with Gasteiger partial charge in [0.25, 0.3) is 0 Å². The molecule has 0 spiro atoms. The largest absolute Gasteiger partial charge is 0.460 e. The number of carbonyl (C=O) groups is 2. The molecule has 2 unspecified atom stereocenters. The highest BCUT2D eigenvalue weighted by Gasteiger charge is 2.17. The third kappa shape index (κ3) is 6.87. The maximum atomic E-state index is 12.0. The molecular weight excluding hydrogens is 332 g/mol. The Kier molecular flexibility index (Phi) is 8.13. The summed E-state index contributed by atoms with van der Waals surface area (Å²) in [5.74, 6) is -0.665. The Morgan fingerprint density at radius 3 is 2.35 bits per heavy atom. The van der Waals surface area contributed by atoms with Crippen molar-refractivity contribution in [3.8, 4) is 0 Å². The Hall–Kier alpha value is -2.36. The lowest BCUT2D eigenvalue weighted by Gasteiger charge is -2.19. The van der Waals surface area contributed by atoms with Crippen LogP contribution in [0.25, 0.3) is 0 Å². The summed E-state index contributed by atoms with van der Waals surface area (Å²) in [6, 6.07) is 0. The molecule has 0 heterocycles. The molecule has 0 aromatic rings. The number of hydrogen-bond acceptors (Lipinski definition) is 5. The number of esters is 2. The Labute approximate surface area is 154 Å². The zero-order chi connectivity index (χ0) is 18.8. The minimum atomic E-state index is -0.364. The van der Waals surface area contributed by atoms with Crippen LogP contribution in [0.5, 0.6) is 0 Å². The van der Waals surface area contributed by atoms with Crippen LogP contribution in [0.3, 0.4) is 0 Å². The van der Waals surface area contributed by atoms with Crippen molar-refractivity contribution < 1.29 is 23.8 Å². The monoisotopic (exact) mass is 358 g/mol. The third-order valence-corrected chi connectivity index (χ3v) is 3.94. The molecule has 0 fully saturated rings. The molecule has 0 amide bonds. The molecule has 2 aliphatic rings. The molecule has 0 saturated heterocycles. The minimum absolute atomic E-state index is 0.145. The fraction of sp³-hybridized carbons (Fsp3) is 0.476. The predicted octanol–water partition coefficient (Wildman–Crippen LogP) is 3.57. The maximum absolute atomic E-state index is 12.0. The summed E-state index contributed by atoms with van der Waals surface area (Å²) in [6.07, 6.45) is 13.7. The Balaban J connectivity index is 1.67. The normalized spacial score (nSPS) is 18.4. The van der Waals surface area contributed by atoms with Gasteiger partial charge in [0, 0.05) is 5.57 Å². The quantitative estimate of drug-likeness (QED) is 0.490. The van der Waals surface area contributed by atoms with Crippen LogP contribution in [0.15, 0.2) is 53.3 Å². The van der Waals surface area contributed by atoms with E-state index in [9.17, 15) is 9.59 Å². The van der Waals surface area contributed by atoms with Gasteiger partial charge in [0.05, 0.1) is 17.8 Å². The first-order valence-electron chi connectivity index (χ1n) is 9.02. The molecule has 2 rings (SSSR count). The third-order valence-electron chi connectivity index (χ3n) is 3.94. The number of carbonyl (C=O) groups excluding carboxylic acids is 2. The SMILES string of the molecule is CC(COC(=O)C1=C=CC=CCC1)OC(C)COC(=O)C1=CC=CCC1. The van der Waals surface area contributed by atoms with Crippen LogP contribution >= 0.6 is 0 Å². The van der Waals surface area contributed by atoms with Gasteiger partial charge in [-0.05, 0) is 45.6 Å². The molecule has 0 aromatic heterocycles. The van der Waals surface area contributed by atoms with Crippen LogP contribution in [-0.2, 0) is 23.8 Å². The first kappa shape index (κ1) is 20.0. The summed E-state index contributed by atoms with van der Waals surface area (Å²) < 4.78 is 16.3. The zero-order valence-electron chi connectivity index (χ0n) is 15.4. The van der Waals surface area contributed by atoms with Crippen LogP contribution in [0.4, 0.5) is 0 Å². The van der Waals surface area contributed by atoms with E-state index in [1.807, 2.05) is 38.2 Å². The van der Waals surface area contributed by atoms with E-state index >= 15 is 0 Å². The van der Waals surface area contributed by atoms with Gasteiger partial charge in [-0.25, -0.2) is 9.59 Å². The van der Waals surface area contributed by atoms with E-state index in [4.69, 9.17) is 14.2 Å². The van der Waals surface area contributed by atoms with Crippen molar-refractivity contribution in [3.05, 3.63) is 53.3 Å². The lowest BCUT2D eigenvalue weighted by atomic mass is 10.1. The predicted molar refractivity (Wildman–Crippen MR) is 98.4 cm³/mol. The smallest absolute Gasteiger partial charge is 0.341 e. The molecule has 0 N–H and O–H groups in total. The summed E-state index contributed by atoms with van der Waals surface area (Å²) >= 11 is 0. The van der Waals surface area contributed by atoms with Gasteiger partial charge in [0.2, 0.25) is 0 Å². The molecule has 140 valence electrons. The van der Waals surface area contributed by atoms with Crippen molar-refractivity contribution in [3.63, 3.8) is 0 Å². The molecule has 0 aliphatic heterocycles. The van der Waals surface area contributed by atoms with Crippen molar-refractivity contribution in [2.75, 3.05) is 13.2 Å². The van der Waals surface area contributed by atoms with Gasteiger partial charge in [-0.1, -0.05) is 30.4 Å². The Morgan fingerprint density at radius 1 is 1.00 bits per heavy atom. The van der Waals surface area contributed by atoms with Gasteiger partial charge >= 0.3 is 11.9 Å². The summed E-state index contributed by atoms with van der Waals surface area (Å²) in [7, 11) is 0. The Bertz CT molecular complexity index is 662. The van der Waals surface area contributed by atoms with Crippen LogP contribution in [-0.4, -0.2) is 37.4 Å². The molecule has 5 nitrogen and oxygen atoms in total. The first-order valence-corrected chi connectivity index (χ1v) is 9.02. The van der Waals surface area contributed by atoms with Crippen molar-refractivity contribution in [1.29, 1.82) is 0 Å². The maximum Gasteiger partial charge on any atom is 0.341 e. The molecule has 0 bridgehead atoms. The lowest BCUT2D eigenvalue weighted by Crippen LogP contribution is -2.28. The van der Waals surface area contributed by atoms with E-state index in [1.54, 1.807) is 12.2 Å². The highest BCUT2D eigenvalue weighted by Crippen LogP contribution is 2.14. The summed E-state index contributed by atoms with van der Waals surface area (Å²) in [6.45, 7) is 3.95. The second-order valence-electron chi connectivity index (χ2n) is 6.37. The van der Waals surface area contributed by atoms with Crippen LogP contribution in [0.1, 0.15) is 39.5 Å². The fourth-order valence-corrected chi connectivity index (χ4v) is 2.59. The van der Waals surface area contributed by atoms with Crippen molar-refractivity contribution in [2.45, 2.75) is 51.7 Å². The summed E-state index contributed by atoms with van der Waals surface area (Å²) in [4.78, 5) is 24.0.